The van der Waals surface area contributed by atoms with Crippen molar-refractivity contribution >= 4 is 5.69 Å². The second-order valence-corrected chi connectivity index (χ2v) is 6.09. The second kappa shape index (κ2) is 6.95. The van der Waals surface area contributed by atoms with Crippen molar-refractivity contribution in [3.8, 4) is 0 Å². The maximum atomic E-state index is 6.03. The van der Waals surface area contributed by atoms with Crippen molar-refractivity contribution in [2.45, 2.75) is 59.5 Å². The lowest BCUT2D eigenvalue weighted by atomic mass is 9.99. The molecule has 0 fully saturated rings. The summed E-state index contributed by atoms with van der Waals surface area (Å²) in [7, 11) is 2.18. The molecule has 0 spiro atoms. The van der Waals surface area contributed by atoms with Crippen LogP contribution in [0.15, 0.2) is 18.2 Å². The van der Waals surface area contributed by atoms with Gasteiger partial charge in [0.1, 0.15) is 0 Å². The number of aryl methyl sites for hydroxylation is 1. The minimum absolute atomic E-state index is 0.276. The second-order valence-electron chi connectivity index (χ2n) is 6.09. The van der Waals surface area contributed by atoms with Crippen molar-refractivity contribution in [1.82, 2.24) is 0 Å². The summed E-state index contributed by atoms with van der Waals surface area (Å²) < 4.78 is 0. The van der Waals surface area contributed by atoms with Crippen LogP contribution in [-0.2, 0) is 6.42 Å². The molecule has 0 amide bonds. The molecule has 2 nitrogen and oxygen atoms in total. The van der Waals surface area contributed by atoms with E-state index < -0.39 is 0 Å². The SMILES string of the molecule is CCC(N)Cc1ccc(N(C)C(C)C(C)C)c(C)c1. The lowest BCUT2D eigenvalue weighted by Gasteiger charge is -2.31. The van der Waals surface area contributed by atoms with E-state index in [4.69, 9.17) is 5.73 Å². The topological polar surface area (TPSA) is 29.3 Å². The van der Waals surface area contributed by atoms with E-state index in [2.05, 4.69) is 64.8 Å². The predicted octanol–water partition coefficient (Wildman–Crippen LogP) is 3.76. The van der Waals surface area contributed by atoms with Gasteiger partial charge < -0.3 is 10.6 Å². The number of nitrogens with zero attached hydrogens (tertiary/aromatic N) is 1. The molecule has 0 saturated heterocycles. The molecule has 0 saturated carbocycles. The summed E-state index contributed by atoms with van der Waals surface area (Å²) in [6, 6.07) is 7.57. The van der Waals surface area contributed by atoms with Crippen LogP contribution in [0.1, 0.15) is 45.2 Å². The van der Waals surface area contributed by atoms with Crippen LogP contribution in [0, 0.1) is 12.8 Å². The molecule has 2 N–H and O–H groups in total. The first kappa shape index (κ1) is 16.0. The molecule has 2 atom stereocenters. The van der Waals surface area contributed by atoms with Crippen LogP contribution in [0.25, 0.3) is 0 Å². The van der Waals surface area contributed by atoms with Crippen LogP contribution in [0.4, 0.5) is 5.69 Å². The number of hydrogen-bond acceptors (Lipinski definition) is 2. The Morgan fingerprint density at radius 1 is 1.21 bits per heavy atom. The van der Waals surface area contributed by atoms with Crippen LogP contribution in [0.3, 0.4) is 0 Å². The lowest BCUT2D eigenvalue weighted by molar-refractivity contribution is 0.505. The maximum Gasteiger partial charge on any atom is 0.0396 e. The Balaban J connectivity index is 2.88. The van der Waals surface area contributed by atoms with Gasteiger partial charge >= 0.3 is 0 Å². The van der Waals surface area contributed by atoms with E-state index in [1.54, 1.807) is 0 Å². The van der Waals surface area contributed by atoms with E-state index >= 15 is 0 Å². The summed E-state index contributed by atoms with van der Waals surface area (Å²) in [6.07, 6.45) is 2.01. The number of nitrogens with two attached hydrogens (primary N) is 1. The van der Waals surface area contributed by atoms with E-state index in [1.165, 1.54) is 16.8 Å². The van der Waals surface area contributed by atoms with Gasteiger partial charge in [-0.15, -0.1) is 0 Å². The molecule has 1 aromatic rings. The molecule has 0 aromatic heterocycles. The molecule has 0 aliphatic heterocycles. The van der Waals surface area contributed by atoms with Crippen LogP contribution in [0.2, 0.25) is 0 Å². The van der Waals surface area contributed by atoms with Gasteiger partial charge in [-0.3, -0.25) is 0 Å². The fraction of sp³-hybridized carbons (Fsp3) is 0.647. The average Bonchev–Trinajstić information content (AvgIpc) is 2.37. The number of benzene rings is 1. The fourth-order valence-corrected chi connectivity index (χ4v) is 2.35. The Morgan fingerprint density at radius 2 is 1.84 bits per heavy atom. The number of hydrogen-bond donors (Lipinski definition) is 1. The molecule has 0 radical (unpaired) electrons. The van der Waals surface area contributed by atoms with Gasteiger partial charge in [0.25, 0.3) is 0 Å². The average molecular weight is 262 g/mol. The van der Waals surface area contributed by atoms with Crippen molar-refractivity contribution in [2.75, 3.05) is 11.9 Å². The Hall–Kier alpha value is -1.02. The number of anilines is 1. The quantitative estimate of drug-likeness (QED) is 0.846. The van der Waals surface area contributed by atoms with E-state index in [0.717, 1.165) is 12.8 Å². The zero-order chi connectivity index (χ0) is 14.6. The van der Waals surface area contributed by atoms with E-state index in [1.807, 2.05) is 0 Å². The fourth-order valence-electron chi connectivity index (χ4n) is 2.35. The summed E-state index contributed by atoms with van der Waals surface area (Å²) in [6.45, 7) is 11.2. The van der Waals surface area contributed by atoms with Gasteiger partial charge in [0, 0.05) is 24.8 Å². The highest BCUT2D eigenvalue weighted by atomic mass is 15.1. The largest absolute Gasteiger partial charge is 0.371 e. The molecule has 0 aliphatic rings. The molecule has 19 heavy (non-hydrogen) atoms. The van der Waals surface area contributed by atoms with E-state index in [-0.39, 0.29) is 6.04 Å². The molecule has 0 bridgehead atoms. The smallest absolute Gasteiger partial charge is 0.0396 e. The normalized spacial score (nSPS) is 14.5. The Bertz CT molecular complexity index is 398. The Morgan fingerprint density at radius 3 is 2.32 bits per heavy atom. The van der Waals surface area contributed by atoms with Gasteiger partial charge in [-0.25, -0.2) is 0 Å². The zero-order valence-corrected chi connectivity index (χ0v) is 13.4. The van der Waals surface area contributed by atoms with Crippen molar-refractivity contribution in [1.29, 1.82) is 0 Å². The monoisotopic (exact) mass is 262 g/mol. The predicted molar refractivity (Wildman–Crippen MR) is 85.9 cm³/mol. The third-order valence-electron chi connectivity index (χ3n) is 4.24. The van der Waals surface area contributed by atoms with Gasteiger partial charge in [0.15, 0.2) is 0 Å². The lowest BCUT2D eigenvalue weighted by Crippen LogP contribution is -2.33. The van der Waals surface area contributed by atoms with Crippen molar-refractivity contribution in [2.24, 2.45) is 11.7 Å². The van der Waals surface area contributed by atoms with Crippen LogP contribution in [0.5, 0.6) is 0 Å². The number of rotatable bonds is 6. The highest BCUT2D eigenvalue weighted by Crippen LogP contribution is 2.24. The molecule has 2 unspecified atom stereocenters. The zero-order valence-electron chi connectivity index (χ0n) is 13.4. The molecule has 0 heterocycles. The standard InChI is InChI=1S/C17H30N2/c1-7-16(18)11-15-8-9-17(13(4)10-15)19(6)14(5)12(2)3/h8-10,12,14,16H,7,11,18H2,1-6H3. The van der Waals surface area contributed by atoms with Crippen LogP contribution in [-0.4, -0.2) is 19.1 Å². The van der Waals surface area contributed by atoms with Gasteiger partial charge in [-0.05, 0) is 49.8 Å². The van der Waals surface area contributed by atoms with E-state index in [0.29, 0.717) is 12.0 Å². The van der Waals surface area contributed by atoms with Crippen molar-refractivity contribution < 1.29 is 0 Å². The minimum Gasteiger partial charge on any atom is -0.371 e. The van der Waals surface area contributed by atoms with Crippen LogP contribution < -0.4 is 10.6 Å². The van der Waals surface area contributed by atoms with Crippen molar-refractivity contribution in [3.63, 3.8) is 0 Å². The first-order valence-corrected chi connectivity index (χ1v) is 7.44. The van der Waals surface area contributed by atoms with E-state index in [9.17, 15) is 0 Å². The molecular formula is C17H30N2. The van der Waals surface area contributed by atoms with Gasteiger partial charge in [-0.1, -0.05) is 32.9 Å². The molecule has 2 heteroatoms. The molecule has 0 aliphatic carbocycles. The summed E-state index contributed by atoms with van der Waals surface area (Å²) in [5.74, 6) is 0.651. The first-order chi connectivity index (χ1) is 8.86. The first-order valence-electron chi connectivity index (χ1n) is 7.44. The van der Waals surface area contributed by atoms with Gasteiger partial charge in [0.2, 0.25) is 0 Å². The Kier molecular flexibility index (Phi) is 5.86. The van der Waals surface area contributed by atoms with Gasteiger partial charge in [-0.2, -0.15) is 0 Å². The molecule has 108 valence electrons. The Labute approximate surface area is 119 Å². The van der Waals surface area contributed by atoms with Gasteiger partial charge in [0.05, 0.1) is 0 Å². The maximum absolute atomic E-state index is 6.03. The van der Waals surface area contributed by atoms with Crippen molar-refractivity contribution in [3.05, 3.63) is 29.3 Å². The molecule has 1 rings (SSSR count). The molecular weight excluding hydrogens is 232 g/mol. The third kappa shape index (κ3) is 4.24. The molecule has 1 aromatic carbocycles. The highest BCUT2D eigenvalue weighted by molar-refractivity contribution is 5.54. The summed E-state index contributed by atoms with van der Waals surface area (Å²) >= 11 is 0. The third-order valence-corrected chi connectivity index (χ3v) is 4.24. The summed E-state index contributed by atoms with van der Waals surface area (Å²) in [5.41, 5.74) is 10.1. The minimum atomic E-state index is 0.276. The summed E-state index contributed by atoms with van der Waals surface area (Å²) in [5, 5.41) is 0. The van der Waals surface area contributed by atoms with Crippen LogP contribution >= 0.6 is 0 Å². The summed E-state index contributed by atoms with van der Waals surface area (Å²) in [4.78, 5) is 2.38. The highest BCUT2D eigenvalue weighted by Gasteiger charge is 2.15.